The molecular formula is C12H16BrNO4S. The lowest BCUT2D eigenvalue weighted by Gasteiger charge is -2.15. The minimum atomic E-state index is -3.81. The number of aryl methyl sites for hydroxylation is 1. The van der Waals surface area contributed by atoms with Crippen molar-refractivity contribution in [2.24, 2.45) is 0 Å². The zero-order valence-corrected chi connectivity index (χ0v) is 13.3. The summed E-state index contributed by atoms with van der Waals surface area (Å²) < 4.78 is 31.8. The second kappa shape index (κ2) is 6.38. The van der Waals surface area contributed by atoms with Crippen LogP contribution in [-0.4, -0.2) is 26.7 Å². The van der Waals surface area contributed by atoms with Crippen LogP contribution in [0.3, 0.4) is 0 Å². The smallest absolute Gasteiger partial charge is 0.325 e. The third-order valence-corrected chi connectivity index (χ3v) is 4.82. The molecule has 0 aliphatic carbocycles. The lowest BCUT2D eigenvalue weighted by Crippen LogP contribution is -2.33. The number of benzene rings is 1. The van der Waals surface area contributed by atoms with Gasteiger partial charge in [-0.05, 0) is 37.1 Å². The van der Waals surface area contributed by atoms with Crippen LogP contribution < -0.4 is 4.72 Å². The molecule has 0 saturated carbocycles. The summed E-state index contributed by atoms with van der Waals surface area (Å²) in [5, 5.41) is -1.26. The Morgan fingerprint density at radius 3 is 2.63 bits per heavy atom. The molecular weight excluding hydrogens is 334 g/mol. The highest BCUT2D eigenvalue weighted by Gasteiger charge is 2.29. The van der Waals surface area contributed by atoms with Gasteiger partial charge in [-0.2, -0.15) is 0 Å². The first-order chi connectivity index (χ1) is 8.81. The fourth-order valence-corrected chi connectivity index (χ4v) is 2.93. The van der Waals surface area contributed by atoms with E-state index in [1.807, 2.05) is 13.0 Å². The quantitative estimate of drug-likeness (QED) is 0.828. The van der Waals surface area contributed by atoms with E-state index in [0.29, 0.717) is 12.1 Å². The predicted octanol–water partition coefficient (Wildman–Crippen LogP) is 2.31. The van der Waals surface area contributed by atoms with Gasteiger partial charge >= 0.3 is 5.97 Å². The summed E-state index contributed by atoms with van der Waals surface area (Å²) >= 11 is 3.33. The van der Waals surface area contributed by atoms with Gasteiger partial charge in [-0.15, -0.1) is 0 Å². The molecule has 5 nitrogen and oxygen atoms in total. The highest BCUT2D eigenvalue weighted by atomic mass is 79.9. The number of carbonyl (C=O) groups excluding carboxylic acids is 1. The molecule has 1 N–H and O–H groups in total. The number of nitrogens with one attached hydrogen (secondary N) is 1. The molecule has 106 valence electrons. The number of methoxy groups -OCH3 is 1. The van der Waals surface area contributed by atoms with E-state index in [0.717, 1.165) is 17.1 Å². The first-order valence-corrected chi connectivity index (χ1v) is 8.03. The molecule has 0 spiro atoms. The third-order valence-electron chi connectivity index (χ3n) is 2.70. The molecule has 0 fully saturated rings. The second-order valence-corrected chi connectivity index (χ2v) is 6.88. The van der Waals surface area contributed by atoms with Crippen molar-refractivity contribution in [2.45, 2.75) is 25.5 Å². The topological polar surface area (TPSA) is 72.5 Å². The van der Waals surface area contributed by atoms with Gasteiger partial charge in [-0.1, -0.05) is 22.9 Å². The SMILES string of the molecule is CCc1cc(Br)ccc1NS(=O)(=O)C(C)C(=O)OC. The van der Waals surface area contributed by atoms with Crippen LogP contribution in [0.25, 0.3) is 0 Å². The average molecular weight is 350 g/mol. The minimum absolute atomic E-state index is 0.474. The molecule has 1 unspecified atom stereocenters. The van der Waals surface area contributed by atoms with E-state index in [1.165, 1.54) is 6.92 Å². The summed E-state index contributed by atoms with van der Waals surface area (Å²) in [5.74, 6) is -0.789. The average Bonchev–Trinajstić information content (AvgIpc) is 2.38. The van der Waals surface area contributed by atoms with Gasteiger partial charge < -0.3 is 4.74 Å². The molecule has 1 aromatic rings. The standard InChI is InChI=1S/C12H16BrNO4S/c1-4-9-7-10(13)5-6-11(9)14-19(16,17)8(2)12(15)18-3/h5-8,14H,4H2,1-3H3. The van der Waals surface area contributed by atoms with Crippen molar-refractivity contribution in [3.63, 3.8) is 0 Å². The number of ether oxygens (including phenoxy) is 1. The van der Waals surface area contributed by atoms with Crippen LogP contribution in [-0.2, 0) is 26.0 Å². The molecule has 1 aromatic carbocycles. The number of carbonyl (C=O) groups is 1. The molecule has 0 saturated heterocycles. The Morgan fingerprint density at radius 2 is 2.11 bits per heavy atom. The van der Waals surface area contributed by atoms with Crippen molar-refractivity contribution in [3.05, 3.63) is 28.2 Å². The molecule has 7 heteroatoms. The van der Waals surface area contributed by atoms with Crippen molar-refractivity contribution in [2.75, 3.05) is 11.8 Å². The zero-order valence-electron chi connectivity index (χ0n) is 10.9. The van der Waals surface area contributed by atoms with Gasteiger partial charge in [0, 0.05) is 4.47 Å². The van der Waals surface area contributed by atoms with Crippen molar-refractivity contribution < 1.29 is 17.9 Å². The number of hydrogen-bond acceptors (Lipinski definition) is 4. The van der Waals surface area contributed by atoms with Gasteiger partial charge in [0.15, 0.2) is 5.25 Å². The molecule has 1 atom stereocenters. The normalized spacial score (nSPS) is 12.8. The molecule has 0 bridgehead atoms. The third kappa shape index (κ3) is 3.94. The summed E-state index contributed by atoms with van der Waals surface area (Å²) in [4.78, 5) is 11.3. The zero-order chi connectivity index (χ0) is 14.6. The maximum absolute atomic E-state index is 12.0. The van der Waals surface area contributed by atoms with Crippen LogP contribution in [0.1, 0.15) is 19.4 Å². The Kier molecular flexibility index (Phi) is 5.37. The van der Waals surface area contributed by atoms with Crippen LogP contribution >= 0.6 is 15.9 Å². The monoisotopic (exact) mass is 349 g/mol. The molecule has 0 radical (unpaired) electrons. The van der Waals surface area contributed by atoms with E-state index < -0.39 is 21.2 Å². The Bertz CT molecular complexity index is 571. The van der Waals surface area contributed by atoms with Crippen LogP contribution in [0.15, 0.2) is 22.7 Å². The Hall–Kier alpha value is -1.08. The van der Waals surface area contributed by atoms with Gasteiger partial charge in [0.25, 0.3) is 0 Å². The first-order valence-electron chi connectivity index (χ1n) is 5.69. The summed E-state index contributed by atoms with van der Waals surface area (Å²) in [7, 11) is -2.65. The number of esters is 1. The molecule has 0 heterocycles. The Balaban J connectivity index is 3.05. The molecule has 19 heavy (non-hydrogen) atoms. The number of anilines is 1. The predicted molar refractivity (Wildman–Crippen MR) is 77.5 cm³/mol. The van der Waals surface area contributed by atoms with Gasteiger partial charge in [0.1, 0.15) is 0 Å². The maximum Gasteiger partial charge on any atom is 0.325 e. The Morgan fingerprint density at radius 1 is 1.47 bits per heavy atom. The minimum Gasteiger partial charge on any atom is -0.468 e. The summed E-state index contributed by atoms with van der Waals surface area (Å²) in [6, 6.07) is 5.23. The molecule has 0 aromatic heterocycles. The summed E-state index contributed by atoms with van der Waals surface area (Å²) in [6.45, 7) is 3.21. The molecule has 0 aliphatic rings. The highest BCUT2D eigenvalue weighted by Crippen LogP contribution is 2.23. The van der Waals surface area contributed by atoms with Crippen LogP contribution in [0.2, 0.25) is 0 Å². The van der Waals surface area contributed by atoms with Gasteiger partial charge in [-0.3, -0.25) is 9.52 Å². The maximum atomic E-state index is 12.0. The lowest BCUT2D eigenvalue weighted by atomic mass is 10.1. The number of rotatable bonds is 5. The first kappa shape index (κ1) is 16.0. The van der Waals surface area contributed by atoms with Crippen molar-refractivity contribution in [1.29, 1.82) is 0 Å². The van der Waals surface area contributed by atoms with E-state index in [2.05, 4.69) is 25.4 Å². The number of halogens is 1. The van der Waals surface area contributed by atoms with E-state index in [1.54, 1.807) is 12.1 Å². The lowest BCUT2D eigenvalue weighted by molar-refractivity contribution is -0.139. The molecule has 0 amide bonds. The van der Waals surface area contributed by atoms with E-state index in [-0.39, 0.29) is 0 Å². The molecule has 0 aliphatic heterocycles. The number of sulfonamides is 1. The van der Waals surface area contributed by atoms with E-state index in [4.69, 9.17) is 0 Å². The second-order valence-electron chi connectivity index (χ2n) is 3.97. The van der Waals surface area contributed by atoms with Crippen molar-refractivity contribution >= 4 is 37.6 Å². The molecule has 1 rings (SSSR count). The fourth-order valence-electron chi connectivity index (χ4n) is 1.49. The number of hydrogen-bond donors (Lipinski definition) is 1. The van der Waals surface area contributed by atoms with Gasteiger partial charge in [0.2, 0.25) is 10.0 Å². The fraction of sp³-hybridized carbons (Fsp3) is 0.417. The van der Waals surface area contributed by atoms with Gasteiger partial charge in [0.05, 0.1) is 12.8 Å². The van der Waals surface area contributed by atoms with Crippen molar-refractivity contribution in [3.8, 4) is 0 Å². The Labute approximate surface area is 121 Å². The van der Waals surface area contributed by atoms with E-state index in [9.17, 15) is 13.2 Å². The highest BCUT2D eigenvalue weighted by molar-refractivity contribution is 9.10. The van der Waals surface area contributed by atoms with Crippen molar-refractivity contribution in [1.82, 2.24) is 0 Å². The van der Waals surface area contributed by atoms with E-state index >= 15 is 0 Å². The largest absolute Gasteiger partial charge is 0.468 e. The van der Waals surface area contributed by atoms with Crippen LogP contribution in [0, 0.1) is 0 Å². The van der Waals surface area contributed by atoms with Crippen LogP contribution in [0.5, 0.6) is 0 Å². The van der Waals surface area contributed by atoms with Crippen LogP contribution in [0.4, 0.5) is 5.69 Å². The van der Waals surface area contributed by atoms with Gasteiger partial charge in [-0.25, -0.2) is 8.42 Å². The summed E-state index contributed by atoms with van der Waals surface area (Å²) in [5.41, 5.74) is 1.32. The summed E-state index contributed by atoms with van der Waals surface area (Å²) in [6.07, 6.45) is 0.671.